The van der Waals surface area contributed by atoms with Crippen LogP contribution in [0.1, 0.15) is 42.9 Å². The van der Waals surface area contributed by atoms with Crippen LogP contribution in [0.25, 0.3) is 10.1 Å². The van der Waals surface area contributed by atoms with Crippen LogP contribution >= 0.6 is 11.3 Å². The summed E-state index contributed by atoms with van der Waals surface area (Å²) in [4.78, 5) is 23.4. The zero-order chi connectivity index (χ0) is 18.9. The minimum atomic E-state index is -1.00. The fraction of sp³-hybridized carbons (Fsp3) is 0.412. The monoisotopic (exact) mass is 372 g/mol. The molecule has 136 valence electrons. The lowest BCUT2D eigenvalue weighted by Crippen LogP contribution is -2.23. The molecule has 0 saturated heterocycles. The Morgan fingerprint density at radius 2 is 1.92 bits per heavy atom. The van der Waals surface area contributed by atoms with Crippen LogP contribution in [-0.4, -0.2) is 29.3 Å². The van der Waals surface area contributed by atoms with Crippen molar-refractivity contribution in [3.8, 4) is 5.75 Å². The van der Waals surface area contributed by atoms with Crippen LogP contribution < -0.4 is 0 Å². The largest absolute Gasteiger partial charge is 0.505 e. The number of carbonyl (C=O) groups is 2. The summed E-state index contributed by atoms with van der Waals surface area (Å²) in [5.74, 6) is -4.15. The first-order valence-corrected chi connectivity index (χ1v) is 8.38. The molecule has 1 heterocycles. The molecule has 0 bridgehead atoms. The number of rotatable bonds is 4. The second-order valence-electron chi connectivity index (χ2n) is 6.29. The van der Waals surface area contributed by atoms with Crippen LogP contribution in [0.5, 0.6) is 5.75 Å². The molecule has 1 N–H and O–H groups in total. The highest BCUT2D eigenvalue weighted by atomic mass is 32.1. The lowest BCUT2D eigenvalue weighted by Gasteiger charge is -2.18. The molecule has 0 aliphatic rings. The topological polar surface area (TPSA) is 72.8 Å². The highest BCUT2D eigenvalue weighted by molar-refractivity contribution is 7.21. The molecule has 2 aromatic rings. The van der Waals surface area contributed by atoms with Crippen LogP contribution in [0.2, 0.25) is 0 Å². The third-order valence-corrected chi connectivity index (χ3v) is 4.32. The molecular formula is C17H18F2O5S. The summed E-state index contributed by atoms with van der Waals surface area (Å²) in [5.41, 5.74) is -1.28. The number of hydrogen-bond acceptors (Lipinski definition) is 6. The van der Waals surface area contributed by atoms with Gasteiger partial charge in [0, 0.05) is 10.9 Å². The molecule has 0 amide bonds. The lowest BCUT2D eigenvalue weighted by atomic mass is 10.1. The number of carbonyl (C=O) groups excluding carboxylic acids is 2. The smallest absolute Gasteiger partial charge is 0.352 e. The van der Waals surface area contributed by atoms with Gasteiger partial charge in [0.25, 0.3) is 0 Å². The van der Waals surface area contributed by atoms with E-state index in [0.717, 1.165) is 6.07 Å². The van der Waals surface area contributed by atoms with Crippen LogP contribution in [0.4, 0.5) is 8.78 Å². The average molecular weight is 372 g/mol. The van der Waals surface area contributed by atoms with Crippen molar-refractivity contribution < 1.29 is 33.0 Å². The van der Waals surface area contributed by atoms with Gasteiger partial charge < -0.3 is 14.6 Å². The van der Waals surface area contributed by atoms with E-state index in [2.05, 4.69) is 0 Å². The van der Waals surface area contributed by atoms with E-state index in [1.165, 1.54) is 0 Å². The second kappa shape index (κ2) is 6.95. The van der Waals surface area contributed by atoms with E-state index in [0.29, 0.717) is 11.3 Å². The summed E-state index contributed by atoms with van der Waals surface area (Å²) < 4.78 is 38.5. The predicted octanol–water partition coefficient (Wildman–Crippen LogP) is 3.95. The maximum Gasteiger partial charge on any atom is 0.352 e. The Bertz CT molecular complexity index is 836. The minimum absolute atomic E-state index is 0.0902. The van der Waals surface area contributed by atoms with Crippen LogP contribution in [-0.2, 0) is 20.7 Å². The van der Waals surface area contributed by atoms with E-state index >= 15 is 0 Å². The van der Waals surface area contributed by atoms with Crippen molar-refractivity contribution in [2.45, 2.75) is 39.7 Å². The Kier molecular flexibility index (Phi) is 5.31. The number of halogens is 2. The van der Waals surface area contributed by atoms with Crippen molar-refractivity contribution in [1.82, 2.24) is 0 Å². The summed E-state index contributed by atoms with van der Waals surface area (Å²) in [7, 11) is 0. The van der Waals surface area contributed by atoms with Crippen LogP contribution in [0, 0.1) is 11.6 Å². The van der Waals surface area contributed by atoms with E-state index in [-0.39, 0.29) is 21.6 Å². The number of hydrogen-bond donors (Lipinski definition) is 1. The number of aromatic hydroxyl groups is 1. The quantitative estimate of drug-likeness (QED) is 0.823. The zero-order valence-corrected chi connectivity index (χ0v) is 15.1. The van der Waals surface area contributed by atoms with Gasteiger partial charge in [-0.05, 0) is 33.8 Å². The van der Waals surface area contributed by atoms with Gasteiger partial charge in [0.05, 0.1) is 17.7 Å². The summed E-state index contributed by atoms with van der Waals surface area (Å²) >= 11 is 0.644. The van der Waals surface area contributed by atoms with Gasteiger partial charge >= 0.3 is 11.9 Å². The van der Waals surface area contributed by atoms with Crippen molar-refractivity contribution in [2.75, 3.05) is 6.61 Å². The van der Waals surface area contributed by atoms with E-state index in [9.17, 15) is 23.5 Å². The summed E-state index contributed by atoms with van der Waals surface area (Å²) in [6.45, 7) is 6.61. The molecule has 8 heteroatoms. The molecule has 0 fully saturated rings. The number of esters is 2. The van der Waals surface area contributed by atoms with Crippen molar-refractivity contribution >= 4 is 33.4 Å². The summed E-state index contributed by atoms with van der Waals surface area (Å²) in [5, 5.41) is 10.0. The van der Waals surface area contributed by atoms with E-state index in [4.69, 9.17) is 9.47 Å². The highest BCUT2D eigenvalue weighted by Crippen LogP contribution is 2.41. The SMILES string of the molecule is CCOC(=O)Cc1c(F)cc2c(O)c(C(=O)OC(C)(C)C)sc2c1F. The van der Waals surface area contributed by atoms with Crippen molar-refractivity contribution in [2.24, 2.45) is 0 Å². The molecular weight excluding hydrogens is 354 g/mol. The van der Waals surface area contributed by atoms with E-state index in [1.807, 2.05) is 0 Å². The van der Waals surface area contributed by atoms with Gasteiger partial charge in [-0.25, -0.2) is 13.6 Å². The molecule has 0 atom stereocenters. The van der Waals surface area contributed by atoms with Gasteiger partial charge in [-0.1, -0.05) is 0 Å². The first kappa shape index (κ1) is 19.1. The third-order valence-electron chi connectivity index (χ3n) is 3.15. The molecule has 0 spiro atoms. The first-order valence-electron chi connectivity index (χ1n) is 7.56. The summed E-state index contributed by atoms with van der Waals surface area (Å²) in [6, 6.07) is 0.896. The maximum absolute atomic E-state index is 14.6. The zero-order valence-electron chi connectivity index (χ0n) is 14.2. The normalized spacial score (nSPS) is 11.6. The Morgan fingerprint density at radius 1 is 1.28 bits per heavy atom. The van der Waals surface area contributed by atoms with Gasteiger partial charge in [-0.15, -0.1) is 11.3 Å². The van der Waals surface area contributed by atoms with E-state index < -0.39 is 46.9 Å². The van der Waals surface area contributed by atoms with Crippen LogP contribution in [0.15, 0.2) is 6.07 Å². The molecule has 1 aromatic carbocycles. The highest BCUT2D eigenvalue weighted by Gasteiger charge is 2.27. The molecule has 5 nitrogen and oxygen atoms in total. The lowest BCUT2D eigenvalue weighted by molar-refractivity contribution is -0.142. The van der Waals surface area contributed by atoms with Gasteiger partial charge in [-0.2, -0.15) is 0 Å². The standard InChI is InChI=1S/C17H18F2O5S/c1-5-23-11(20)7-8-10(18)6-9-13(21)15(25-14(9)12(8)19)16(22)24-17(2,3)4/h6,21H,5,7H2,1-4H3. The molecule has 0 unspecified atom stereocenters. The summed E-state index contributed by atoms with van der Waals surface area (Å²) in [6.07, 6.45) is -0.581. The number of fused-ring (bicyclic) bond motifs is 1. The molecule has 1 aromatic heterocycles. The van der Waals surface area contributed by atoms with Crippen molar-refractivity contribution in [3.05, 3.63) is 28.1 Å². The van der Waals surface area contributed by atoms with E-state index in [1.54, 1.807) is 27.7 Å². The van der Waals surface area contributed by atoms with Gasteiger partial charge in [0.2, 0.25) is 0 Å². The van der Waals surface area contributed by atoms with Crippen molar-refractivity contribution in [1.29, 1.82) is 0 Å². The molecule has 0 aliphatic heterocycles. The van der Waals surface area contributed by atoms with Crippen LogP contribution in [0.3, 0.4) is 0 Å². The van der Waals surface area contributed by atoms with Gasteiger partial charge in [0.15, 0.2) is 4.88 Å². The molecule has 25 heavy (non-hydrogen) atoms. The number of benzene rings is 1. The third kappa shape index (κ3) is 4.07. The maximum atomic E-state index is 14.6. The number of thiophene rings is 1. The minimum Gasteiger partial charge on any atom is -0.505 e. The van der Waals surface area contributed by atoms with Crippen molar-refractivity contribution in [3.63, 3.8) is 0 Å². The number of ether oxygens (including phenoxy) is 2. The molecule has 0 aliphatic carbocycles. The Morgan fingerprint density at radius 3 is 2.48 bits per heavy atom. The fourth-order valence-corrected chi connectivity index (χ4v) is 3.18. The molecule has 0 radical (unpaired) electrons. The average Bonchev–Trinajstić information content (AvgIpc) is 2.80. The predicted molar refractivity (Wildman–Crippen MR) is 88.9 cm³/mol. The first-order chi connectivity index (χ1) is 11.5. The Hall–Kier alpha value is -2.22. The Labute approximate surface area is 147 Å². The molecule has 0 saturated carbocycles. The van der Waals surface area contributed by atoms with Gasteiger partial charge in [0.1, 0.15) is 23.0 Å². The molecule has 2 rings (SSSR count). The fourth-order valence-electron chi connectivity index (χ4n) is 2.17. The Balaban J connectivity index is 2.51. The second-order valence-corrected chi connectivity index (χ2v) is 7.31. The van der Waals surface area contributed by atoms with Gasteiger partial charge in [-0.3, -0.25) is 4.79 Å².